The molecule has 0 aliphatic carbocycles. The highest BCUT2D eigenvalue weighted by atomic mass is 79.9. The topological polar surface area (TPSA) is 80.3 Å². The Hall–Kier alpha value is -2.21. The summed E-state index contributed by atoms with van der Waals surface area (Å²) in [6.07, 6.45) is 2.28. The summed E-state index contributed by atoms with van der Waals surface area (Å²) < 4.78 is 8.19. The fraction of sp³-hybridized carbons (Fsp3) is 0.238. The Labute approximate surface area is 195 Å². The van der Waals surface area contributed by atoms with Gasteiger partial charge in [0, 0.05) is 21.0 Å². The molecule has 0 unspecified atom stereocenters. The van der Waals surface area contributed by atoms with E-state index in [1.165, 1.54) is 10.9 Å². The second-order valence-corrected chi connectivity index (χ2v) is 8.76. The maximum Gasteiger partial charge on any atom is 0.282 e. The van der Waals surface area contributed by atoms with Gasteiger partial charge in [-0.2, -0.15) is 15.0 Å². The van der Waals surface area contributed by atoms with E-state index in [4.69, 9.17) is 21.6 Å². The predicted octanol–water partition coefficient (Wildman–Crippen LogP) is 5.87. The molecule has 0 saturated heterocycles. The van der Waals surface area contributed by atoms with Crippen LogP contribution in [0.5, 0.6) is 5.75 Å². The average Bonchev–Trinajstić information content (AvgIpc) is 2.72. The van der Waals surface area contributed by atoms with Crippen LogP contribution in [0.4, 0.5) is 0 Å². The number of hydrogen-bond donors (Lipinski definition) is 0. The smallest absolute Gasteiger partial charge is 0.282 e. The predicted molar refractivity (Wildman–Crippen MR) is 126 cm³/mol. The third-order valence-electron chi connectivity index (χ3n) is 4.52. The number of halogens is 3. The quantitative estimate of drug-likeness (QED) is 0.358. The van der Waals surface area contributed by atoms with Crippen LogP contribution in [-0.4, -0.2) is 22.5 Å². The molecule has 6 nitrogen and oxygen atoms in total. The van der Waals surface area contributed by atoms with Gasteiger partial charge in [0.2, 0.25) is 0 Å². The van der Waals surface area contributed by atoms with Gasteiger partial charge in [-0.25, -0.2) is 4.98 Å². The molecule has 0 amide bonds. The standard InChI is InChI=1S/C21H17Br2ClN4O2/c1-3-12(2)20-27-18-5-4-14(22)9-16(18)21(29)28(20)26-11-13-8-15(24)10-17(23)19(13)30-7-6-25/h4-5,8-12H,3,7H2,1-2H3/t12-/m0/s1. The van der Waals surface area contributed by atoms with E-state index in [1.54, 1.807) is 18.2 Å². The Balaban J connectivity index is 2.20. The number of nitrogens with zero attached hydrogens (tertiary/aromatic N) is 4. The first-order valence-corrected chi connectivity index (χ1v) is 11.1. The van der Waals surface area contributed by atoms with Gasteiger partial charge in [-0.1, -0.05) is 41.4 Å². The zero-order valence-electron chi connectivity index (χ0n) is 16.2. The second kappa shape index (κ2) is 9.73. The highest BCUT2D eigenvalue weighted by Crippen LogP contribution is 2.32. The van der Waals surface area contributed by atoms with Crippen molar-refractivity contribution < 1.29 is 4.74 Å². The van der Waals surface area contributed by atoms with Gasteiger partial charge in [-0.3, -0.25) is 4.79 Å². The van der Waals surface area contributed by atoms with Crippen molar-refractivity contribution >= 4 is 60.6 Å². The van der Waals surface area contributed by atoms with Gasteiger partial charge < -0.3 is 4.74 Å². The molecule has 154 valence electrons. The molecule has 0 aliphatic rings. The van der Waals surface area contributed by atoms with Crippen molar-refractivity contribution in [3.05, 3.63) is 66.0 Å². The van der Waals surface area contributed by atoms with Crippen molar-refractivity contribution in [1.82, 2.24) is 9.66 Å². The van der Waals surface area contributed by atoms with Crippen molar-refractivity contribution in [3.63, 3.8) is 0 Å². The van der Waals surface area contributed by atoms with E-state index >= 15 is 0 Å². The Bertz CT molecular complexity index is 1230. The van der Waals surface area contributed by atoms with Crippen LogP contribution >= 0.6 is 43.5 Å². The first-order chi connectivity index (χ1) is 14.3. The van der Waals surface area contributed by atoms with Crippen LogP contribution in [0.15, 0.2) is 49.2 Å². The number of hydrogen-bond acceptors (Lipinski definition) is 5. The van der Waals surface area contributed by atoms with Gasteiger partial charge in [0.05, 0.1) is 21.6 Å². The van der Waals surface area contributed by atoms with Gasteiger partial charge in [-0.05, 0) is 52.7 Å². The summed E-state index contributed by atoms with van der Waals surface area (Å²) in [4.78, 5) is 17.9. The van der Waals surface area contributed by atoms with E-state index in [2.05, 4.69) is 41.9 Å². The van der Waals surface area contributed by atoms with E-state index in [0.29, 0.717) is 37.5 Å². The lowest BCUT2D eigenvalue weighted by atomic mass is 10.1. The summed E-state index contributed by atoms with van der Waals surface area (Å²) in [7, 11) is 0. The van der Waals surface area contributed by atoms with E-state index in [1.807, 2.05) is 32.0 Å². The molecule has 0 radical (unpaired) electrons. The first-order valence-electron chi connectivity index (χ1n) is 9.11. The number of ether oxygens (including phenoxy) is 1. The van der Waals surface area contributed by atoms with Gasteiger partial charge in [0.1, 0.15) is 17.6 Å². The highest BCUT2D eigenvalue weighted by molar-refractivity contribution is 9.10. The van der Waals surface area contributed by atoms with E-state index in [9.17, 15) is 4.79 Å². The third-order valence-corrected chi connectivity index (χ3v) is 5.82. The Morgan fingerprint density at radius 1 is 1.37 bits per heavy atom. The number of benzene rings is 2. The average molecular weight is 553 g/mol. The minimum absolute atomic E-state index is 0.0169. The monoisotopic (exact) mass is 550 g/mol. The van der Waals surface area contributed by atoms with Gasteiger partial charge in [0.15, 0.2) is 6.61 Å². The molecule has 1 heterocycles. The maximum absolute atomic E-state index is 13.2. The fourth-order valence-electron chi connectivity index (χ4n) is 2.83. The van der Waals surface area contributed by atoms with Crippen molar-refractivity contribution in [2.45, 2.75) is 26.2 Å². The third kappa shape index (κ3) is 4.75. The lowest BCUT2D eigenvalue weighted by molar-refractivity contribution is 0.365. The van der Waals surface area contributed by atoms with Crippen molar-refractivity contribution in [2.75, 3.05) is 6.61 Å². The summed E-state index contributed by atoms with van der Waals surface area (Å²) in [5.74, 6) is 0.997. The Kier molecular flexibility index (Phi) is 7.29. The summed E-state index contributed by atoms with van der Waals surface area (Å²) in [5.41, 5.74) is 0.878. The van der Waals surface area contributed by atoms with E-state index in [-0.39, 0.29) is 18.1 Å². The van der Waals surface area contributed by atoms with Crippen LogP contribution in [0.25, 0.3) is 10.9 Å². The van der Waals surface area contributed by atoms with E-state index < -0.39 is 0 Å². The molecule has 0 bridgehead atoms. The molecule has 9 heteroatoms. The van der Waals surface area contributed by atoms with Gasteiger partial charge >= 0.3 is 0 Å². The second-order valence-electron chi connectivity index (χ2n) is 6.56. The molecule has 0 N–H and O–H groups in total. The minimum Gasteiger partial charge on any atom is -0.477 e. The highest BCUT2D eigenvalue weighted by Gasteiger charge is 2.16. The van der Waals surface area contributed by atoms with E-state index in [0.717, 1.165) is 10.9 Å². The number of aromatic nitrogens is 2. The summed E-state index contributed by atoms with van der Waals surface area (Å²) in [5, 5.41) is 14.2. The molecule has 3 rings (SSSR count). The molecule has 0 fully saturated rings. The molecular weight excluding hydrogens is 536 g/mol. The normalized spacial score (nSPS) is 12.3. The van der Waals surface area contributed by atoms with Crippen molar-refractivity contribution in [2.24, 2.45) is 5.10 Å². The van der Waals surface area contributed by atoms with Gasteiger partial charge in [-0.15, -0.1) is 0 Å². The first kappa shape index (κ1) is 22.5. The minimum atomic E-state index is -0.270. The summed E-state index contributed by atoms with van der Waals surface area (Å²) in [6.45, 7) is 3.89. The van der Waals surface area contributed by atoms with Crippen molar-refractivity contribution in [1.29, 1.82) is 5.26 Å². The number of nitriles is 1. The number of rotatable bonds is 6. The molecule has 0 aliphatic heterocycles. The molecule has 0 saturated carbocycles. The van der Waals surface area contributed by atoms with Crippen LogP contribution in [0, 0.1) is 11.3 Å². The van der Waals surface area contributed by atoms with Crippen LogP contribution in [0.2, 0.25) is 5.02 Å². The largest absolute Gasteiger partial charge is 0.477 e. The summed E-state index contributed by atoms with van der Waals surface area (Å²) >= 11 is 13.0. The lowest BCUT2D eigenvalue weighted by Gasteiger charge is -2.14. The molecule has 1 aromatic heterocycles. The Morgan fingerprint density at radius 2 is 2.13 bits per heavy atom. The molecule has 30 heavy (non-hydrogen) atoms. The molecule has 0 spiro atoms. The fourth-order valence-corrected chi connectivity index (χ4v) is 4.14. The zero-order chi connectivity index (χ0) is 21.8. The molecule has 2 aromatic carbocycles. The zero-order valence-corrected chi connectivity index (χ0v) is 20.1. The lowest BCUT2D eigenvalue weighted by Crippen LogP contribution is -2.23. The Morgan fingerprint density at radius 3 is 2.83 bits per heavy atom. The van der Waals surface area contributed by atoms with Crippen LogP contribution in [0.1, 0.15) is 37.6 Å². The SMILES string of the molecule is CC[C@H](C)c1nc2ccc(Br)cc2c(=O)n1N=Cc1cc(Cl)cc(Br)c1OCC#N. The van der Waals surface area contributed by atoms with Crippen LogP contribution in [-0.2, 0) is 0 Å². The van der Waals surface area contributed by atoms with Crippen LogP contribution < -0.4 is 10.3 Å². The van der Waals surface area contributed by atoms with Crippen LogP contribution in [0.3, 0.4) is 0 Å². The maximum atomic E-state index is 13.2. The molecule has 3 aromatic rings. The van der Waals surface area contributed by atoms with Crippen molar-refractivity contribution in [3.8, 4) is 11.8 Å². The molecular formula is C21H17Br2ClN4O2. The van der Waals surface area contributed by atoms with Gasteiger partial charge in [0.25, 0.3) is 5.56 Å². The molecule has 1 atom stereocenters. The number of fused-ring (bicyclic) bond motifs is 1. The summed E-state index contributed by atoms with van der Waals surface area (Å²) in [6, 6.07) is 10.6.